The summed E-state index contributed by atoms with van der Waals surface area (Å²) < 4.78 is 4.24. The van der Waals surface area contributed by atoms with E-state index in [0.717, 1.165) is 6.26 Å². The van der Waals surface area contributed by atoms with Gasteiger partial charge >= 0.3 is 11.9 Å². The van der Waals surface area contributed by atoms with E-state index < -0.39 is 24.4 Å². The normalized spacial score (nSPS) is 11.7. The molecule has 0 fully saturated rings. The van der Waals surface area contributed by atoms with Gasteiger partial charge in [-0.2, -0.15) is 0 Å². The lowest BCUT2D eigenvalue weighted by molar-refractivity contribution is -0.145. The molecule has 0 amide bonds. The number of hydrogen-bond acceptors (Lipinski definition) is 4. The number of carbonyl (C=O) groups excluding carboxylic acids is 1. The zero-order valence-corrected chi connectivity index (χ0v) is 5.82. The van der Waals surface area contributed by atoms with Gasteiger partial charge in [0.15, 0.2) is 0 Å². The summed E-state index contributed by atoms with van der Waals surface area (Å²) in [5.41, 5.74) is 5.10. The molecule has 0 aliphatic heterocycles. The quantitative estimate of drug-likeness (QED) is 0.425. The van der Waals surface area contributed by atoms with Crippen LogP contribution in [0.4, 0.5) is 0 Å². The summed E-state index contributed by atoms with van der Waals surface area (Å²) in [6.45, 7) is 3.12. The molecule has 0 saturated heterocycles. The Kier molecular flexibility index (Phi) is 3.90. The molecule has 5 heteroatoms. The Bertz CT molecular complexity index is 177. The number of carbonyl (C=O) groups is 2. The van der Waals surface area contributed by atoms with Crippen molar-refractivity contribution in [1.29, 1.82) is 0 Å². The van der Waals surface area contributed by atoms with E-state index in [1.54, 1.807) is 0 Å². The molecule has 0 spiro atoms. The number of hydrogen-bond donors (Lipinski definition) is 2. The zero-order chi connectivity index (χ0) is 8.85. The van der Waals surface area contributed by atoms with Crippen molar-refractivity contribution in [3.05, 3.63) is 12.8 Å². The molecule has 0 aliphatic carbocycles. The zero-order valence-electron chi connectivity index (χ0n) is 5.82. The molecule has 3 N–H and O–H groups in total. The van der Waals surface area contributed by atoms with Crippen molar-refractivity contribution in [2.24, 2.45) is 5.73 Å². The highest BCUT2D eigenvalue weighted by Crippen LogP contribution is 1.91. The number of esters is 1. The summed E-state index contributed by atoms with van der Waals surface area (Å²) in [5.74, 6) is -1.93. The second-order valence-electron chi connectivity index (χ2n) is 1.81. The van der Waals surface area contributed by atoms with Gasteiger partial charge in [-0.1, -0.05) is 6.58 Å². The molecule has 0 saturated carbocycles. The van der Waals surface area contributed by atoms with E-state index in [2.05, 4.69) is 11.3 Å². The Hall–Kier alpha value is -1.36. The maximum absolute atomic E-state index is 10.6. The Morgan fingerprint density at radius 1 is 1.73 bits per heavy atom. The van der Waals surface area contributed by atoms with Crippen molar-refractivity contribution in [3.8, 4) is 0 Å². The summed E-state index contributed by atoms with van der Waals surface area (Å²) in [6, 6.07) is -1.12. The maximum atomic E-state index is 10.6. The van der Waals surface area contributed by atoms with Crippen molar-refractivity contribution < 1.29 is 19.4 Å². The highest BCUT2D eigenvalue weighted by molar-refractivity contribution is 5.81. The van der Waals surface area contributed by atoms with Gasteiger partial charge in [-0.05, 0) is 0 Å². The van der Waals surface area contributed by atoms with Gasteiger partial charge in [0.1, 0.15) is 6.04 Å². The van der Waals surface area contributed by atoms with E-state index in [0.29, 0.717) is 0 Å². The largest absolute Gasteiger partial charge is 0.481 e. The molecule has 11 heavy (non-hydrogen) atoms. The van der Waals surface area contributed by atoms with Crippen LogP contribution in [0.2, 0.25) is 0 Å². The average molecular weight is 159 g/mol. The van der Waals surface area contributed by atoms with Crippen LogP contribution in [0.5, 0.6) is 0 Å². The van der Waals surface area contributed by atoms with Crippen LogP contribution in [0.1, 0.15) is 6.42 Å². The number of nitrogens with two attached hydrogens (primary N) is 1. The molecule has 0 radical (unpaired) electrons. The predicted molar refractivity (Wildman–Crippen MR) is 36.5 cm³/mol. The number of aliphatic carboxylic acids is 1. The lowest BCUT2D eigenvalue weighted by atomic mass is 10.2. The number of carboxylic acids is 1. The molecular formula is C6H9NO4. The monoisotopic (exact) mass is 159 g/mol. The number of carboxylic acid groups (broad SMARTS) is 1. The van der Waals surface area contributed by atoms with E-state index in [9.17, 15) is 9.59 Å². The van der Waals surface area contributed by atoms with Gasteiger partial charge in [-0.25, -0.2) is 4.79 Å². The van der Waals surface area contributed by atoms with Crippen molar-refractivity contribution in [2.45, 2.75) is 12.5 Å². The number of rotatable bonds is 4. The second kappa shape index (κ2) is 4.45. The Morgan fingerprint density at radius 3 is 2.64 bits per heavy atom. The van der Waals surface area contributed by atoms with Gasteiger partial charge in [0.2, 0.25) is 0 Å². The van der Waals surface area contributed by atoms with Crippen LogP contribution in [0.3, 0.4) is 0 Å². The third-order valence-corrected chi connectivity index (χ3v) is 0.897. The van der Waals surface area contributed by atoms with Crippen LogP contribution in [-0.4, -0.2) is 23.1 Å². The minimum Gasteiger partial charge on any atom is -0.481 e. The van der Waals surface area contributed by atoms with E-state index >= 15 is 0 Å². The molecule has 62 valence electrons. The van der Waals surface area contributed by atoms with Crippen molar-refractivity contribution in [2.75, 3.05) is 0 Å². The summed E-state index contributed by atoms with van der Waals surface area (Å²) in [7, 11) is 0. The first kappa shape index (κ1) is 9.64. The Balaban J connectivity index is 3.81. The summed E-state index contributed by atoms with van der Waals surface area (Å²) in [4.78, 5) is 20.6. The highest BCUT2D eigenvalue weighted by Gasteiger charge is 2.17. The molecule has 0 aromatic carbocycles. The molecule has 1 atom stereocenters. The van der Waals surface area contributed by atoms with Crippen LogP contribution in [0.25, 0.3) is 0 Å². The highest BCUT2D eigenvalue weighted by atomic mass is 16.5. The molecule has 5 nitrogen and oxygen atoms in total. The SMILES string of the molecule is C=COC(=O)[C@@H](N)CC(=O)O. The fraction of sp³-hybridized carbons (Fsp3) is 0.333. The predicted octanol–water partition coefficient (Wildman–Crippen LogP) is -0.525. The summed E-state index contributed by atoms with van der Waals surface area (Å²) >= 11 is 0. The van der Waals surface area contributed by atoms with E-state index in [1.807, 2.05) is 0 Å². The van der Waals surface area contributed by atoms with Crippen LogP contribution in [0.15, 0.2) is 12.8 Å². The van der Waals surface area contributed by atoms with Gasteiger partial charge in [0.25, 0.3) is 0 Å². The van der Waals surface area contributed by atoms with Crippen LogP contribution >= 0.6 is 0 Å². The van der Waals surface area contributed by atoms with Crippen LogP contribution < -0.4 is 5.73 Å². The lowest BCUT2D eigenvalue weighted by Crippen LogP contribution is -2.33. The molecule has 0 aromatic heterocycles. The van der Waals surface area contributed by atoms with Gasteiger partial charge in [-0.3, -0.25) is 4.79 Å². The molecule has 0 unspecified atom stereocenters. The first-order valence-electron chi connectivity index (χ1n) is 2.86. The smallest absolute Gasteiger partial charge is 0.328 e. The molecule has 0 aromatic rings. The second-order valence-corrected chi connectivity index (χ2v) is 1.81. The molecule has 0 bridgehead atoms. The first-order chi connectivity index (χ1) is 5.07. The maximum Gasteiger partial charge on any atom is 0.328 e. The topological polar surface area (TPSA) is 89.6 Å². The minimum absolute atomic E-state index is 0.438. The number of ether oxygens (including phenoxy) is 1. The molecular weight excluding hydrogens is 150 g/mol. The minimum atomic E-state index is -1.14. The Morgan fingerprint density at radius 2 is 2.27 bits per heavy atom. The summed E-state index contributed by atoms with van der Waals surface area (Å²) in [6.07, 6.45) is 0.469. The standard InChI is InChI=1S/C6H9NO4/c1-2-11-6(10)4(7)3-5(8)9/h2,4H,1,3,7H2,(H,8,9)/t4-/m0/s1. The molecule has 0 heterocycles. The van der Waals surface area contributed by atoms with Crippen molar-refractivity contribution >= 4 is 11.9 Å². The van der Waals surface area contributed by atoms with Crippen LogP contribution in [0, 0.1) is 0 Å². The van der Waals surface area contributed by atoms with Gasteiger partial charge < -0.3 is 15.6 Å². The Labute approximate surface area is 63.4 Å². The fourth-order valence-corrected chi connectivity index (χ4v) is 0.441. The third-order valence-electron chi connectivity index (χ3n) is 0.897. The van der Waals surface area contributed by atoms with Crippen molar-refractivity contribution in [1.82, 2.24) is 0 Å². The van der Waals surface area contributed by atoms with Crippen molar-refractivity contribution in [3.63, 3.8) is 0 Å². The third kappa shape index (κ3) is 4.10. The van der Waals surface area contributed by atoms with Crippen LogP contribution in [-0.2, 0) is 14.3 Å². The van der Waals surface area contributed by atoms with Gasteiger partial charge in [0.05, 0.1) is 12.7 Å². The van der Waals surface area contributed by atoms with E-state index in [-0.39, 0.29) is 0 Å². The van der Waals surface area contributed by atoms with Gasteiger partial charge in [0, 0.05) is 0 Å². The fourth-order valence-electron chi connectivity index (χ4n) is 0.441. The van der Waals surface area contributed by atoms with Gasteiger partial charge in [-0.15, -0.1) is 0 Å². The molecule has 0 rings (SSSR count). The van der Waals surface area contributed by atoms with E-state index in [1.165, 1.54) is 0 Å². The lowest BCUT2D eigenvalue weighted by Gasteiger charge is -2.04. The average Bonchev–Trinajstić information content (AvgIpc) is 1.86. The first-order valence-corrected chi connectivity index (χ1v) is 2.86. The van der Waals surface area contributed by atoms with E-state index in [4.69, 9.17) is 10.8 Å². The summed E-state index contributed by atoms with van der Waals surface area (Å²) in [5, 5.41) is 8.19. The molecule has 0 aliphatic rings.